The second-order valence-corrected chi connectivity index (χ2v) is 14.6. The van der Waals surface area contributed by atoms with E-state index in [1.165, 1.54) is 33.5 Å². The molecule has 0 bridgehead atoms. The van der Waals surface area contributed by atoms with Crippen molar-refractivity contribution in [2.45, 2.75) is 33.1 Å². The molecule has 5 heteroatoms. The predicted octanol–water partition coefficient (Wildman–Crippen LogP) is 13.0. The molecule has 300 valence electrons. The van der Waals surface area contributed by atoms with E-state index in [1.54, 1.807) is 0 Å². The molecule has 6 aromatic carbocycles. The summed E-state index contributed by atoms with van der Waals surface area (Å²) in [6.45, 7) is 11.4. The minimum absolute atomic E-state index is 0.233. The molecule has 0 aliphatic carbocycles. The van der Waals surface area contributed by atoms with Gasteiger partial charge < -0.3 is 26.6 Å². The molecule has 0 spiro atoms. The number of nitrogens with two attached hydrogens (primary N) is 2. The fourth-order valence-corrected chi connectivity index (χ4v) is 6.27. The smallest absolute Gasteiger partial charge is 0.0594 e. The van der Waals surface area contributed by atoms with Crippen molar-refractivity contribution in [3.63, 3.8) is 0 Å². The van der Waals surface area contributed by atoms with E-state index in [2.05, 4.69) is 157 Å². The molecule has 1 unspecified atom stereocenters. The normalized spacial score (nSPS) is 12.3. The van der Waals surface area contributed by atoms with Crippen molar-refractivity contribution in [2.75, 3.05) is 42.3 Å². The minimum atomic E-state index is 0.233. The standard InChI is InChI=1S/C39H40N4.C8H11N.C7H8/c1-28(31-18-20-32(21-19-31)33-12-9-13-34(26-33)36-14-7-8-15-37(36)40)16-17-29(2)43(3)35-22-23-38(41)39(27-35)42-25-24-30-10-5-4-6-11-30;1-3-4-5-6-8-7-9(8)2;1-7-5-3-2-4-6-7/h4-23,26-28,42H,2,24-25,40-41H2,1,3H3;3-7H,1-2H3;2-6H,1H3/b17-16-;4-3-,6-5-;. The molecule has 5 N–H and O–H groups in total. The average molecular weight is 778 g/mol. The van der Waals surface area contributed by atoms with Crippen LogP contribution in [-0.2, 0) is 6.42 Å². The van der Waals surface area contributed by atoms with Crippen molar-refractivity contribution in [2.24, 2.45) is 0 Å². The van der Waals surface area contributed by atoms with Crippen molar-refractivity contribution in [1.29, 1.82) is 0 Å². The summed E-state index contributed by atoms with van der Waals surface area (Å²) in [4.78, 5) is 4.17. The summed E-state index contributed by atoms with van der Waals surface area (Å²) in [5.74, 6) is 0.233. The molecule has 59 heavy (non-hydrogen) atoms. The second-order valence-electron chi connectivity index (χ2n) is 14.6. The maximum atomic E-state index is 6.27. The fraction of sp³-hybridized carbons (Fsp3) is 0.148. The molecule has 0 saturated carbocycles. The van der Waals surface area contributed by atoms with Gasteiger partial charge >= 0.3 is 0 Å². The van der Waals surface area contributed by atoms with Crippen LogP contribution in [0.5, 0.6) is 0 Å². The number of nitrogens with zero attached hydrogens (tertiary/aromatic N) is 2. The molecule has 1 aliphatic heterocycles. The minimum Gasteiger partial charge on any atom is -0.398 e. The summed E-state index contributed by atoms with van der Waals surface area (Å²) in [5.41, 5.74) is 26.6. The molecular weight excluding hydrogens is 719 g/mol. The van der Waals surface area contributed by atoms with E-state index in [0.717, 1.165) is 52.5 Å². The zero-order valence-corrected chi connectivity index (χ0v) is 35.2. The van der Waals surface area contributed by atoms with Crippen LogP contribution in [0.1, 0.15) is 36.5 Å². The highest BCUT2D eigenvalue weighted by Gasteiger charge is 2.10. The summed E-state index contributed by atoms with van der Waals surface area (Å²) in [6, 6.07) is 52.1. The lowest BCUT2D eigenvalue weighted by molar-refractivity contribution is 0.733. The first kappa shape index (κ1) is 43.1. The number of benzene rings is 6. The number of aryl methyl sites for hydroxylation is 1. The van der Waals surface area contributed by atoms with Crippen LogP contribution in [0.4, 0.5) is 22.7 Å². The third-order valence-corrected chi connectivity index (χ3v) is 10.1. The Balaban J connectivity index is 0.000000341. The lowest BCUT2D eigenvalue weighted by Gasteiger charge is -2.22. The Bertz CT molecular complexity index is 2350. The largest absolute Gasteiger partial charge is 0.398 e. The van der Waals surface area contributed by atoms with Gasteiger partial charge in [0.25, 0.3) is 0 Å². The van der Waals surface area contributed by atoms with Gasteiger partial charge in [-0.15, -0.1) is 0 Å². The maximum Gasteiger partial charge on any atom is 0.0594 e. The highest BCUT2D eigenvalue weighted by molar-refractivity contribution is 5.80. The van der Waals surface area contributed by atoms with Crippen molar-refractivity contribution in [3.05, 3.63) is 229 Å². The molecule has 0 aromatic heterocycles. The quantitative estimate of drug-likeness (QED) is 0.0805. The first-order valence-corrected chi connectivity index (χ1v) is 20.2. The Morgan fingerprint density at radius 3 is 2.05 bits per heavy atom. The van der Waals surface area contributed by atoms with Crippen molar-refractivity contribution in [3.8, 4) is 22.3 Å². The van der Waals surface area contributed by atoms with E-state index in [1.807, 2.05) is 93.8 Å². The Kier molecular flexibility index (Phi) is 16.2. The third-order valence-electron chi connectivity index (χ3n) is 10.1. The SMILES string of the molecule is C/C=C\C=C/C1=CN1C.C=C(/C=C\C(C)c1ccc(-c2cccc(-c3ccccc3N)c2)cc1)N(C)c1ccc(N)c(NCCc2ccccc2)c1.Cc1ccccc1. The van der Waals surface area contributed by atoms with Gasteiger partial charge in [-0.3, -0.25) is 0 Å². The van der Waals surface area contributed by atoms with Crippen LogP contribution < -0.4 is 21.7 Å². The second kappa shape index (κ2) is 22.1. The van der Waals surface area contributed by atoms with Crippen LogP contribution in [0, 0.1) is 6.92 Å². The molecule has 0 amide bonds. The highest BCUT2D eigenvalue weighted by atomic mass is 15.2. The zero-order valence-electron chi connectivity index (χ0n) is 35.2. The van der Waals surface area contributed by atoms with Gasteiger partial charge in [-0.25, -0.2) is 0 Å². The number of anilines is 4. The Hall–Kier alpha value is -6.98. The molecule has 0 saturated heterocycles. The molecule has 5 nitrogen and oxygen atoms in total. The van der Waals surface area contributed by atoms with Crippen LogP contribution in [0.2, 0.25) is 0 Å². The van der Waals surface area contributed by atoms with E-state index < -0.39 is 0 Å². The summed E-state index contributed by atoms with van der Waals surface area (Å²) >= 11 is 0. The molecule has 1 atom stereocenters. The summed E-state index contributed by atoms with van der Waals surface area (Å²) in [6.07, 6.45) is 15.5. The fourth-order valence-electron chi connectivity index (χ4n) is 6.27. The van der Waals surface area contributed by atoms with E-state index in [4.69, 9.17) is 11.5 Å². The molecule has 0 fully saturated rings. The van der Waals surface area contributed by atoms with E-state index in [9.17, 15) is 0 Å². The van der Waals surface area contributed by atoms with Gasteiger partial charge in [0.1, 0.15) is 0 Å². The zero-order chi connectivity index (χ0) is 42.0. The number of hydrogen-bond donors (Lipinski definition) is 3. The summed E-state index contributed by atoms with van der Waals surface area (Å²) < 4.78 is 0. The Labute approximate surface area is 353 Å². The van der Waals surface area contributed by atoms with Crippen molar-refractivity contribution < 1.29 is 0 Å². The molecule has 0 radical (unpaired) electrons. The molecule has 7 rings (SSSR count). The Morgan fingerprint density at radius 2 is 1.41 bits per heavy atom. The number of para-hydroxylation sites is 1. The van der Waals surface area contributed by atoms with Crippen LogP contribution >= 0.6 is 0 Å². The van der Waals surface area contributed by atoms with Crippen molar-refractivity contribution >= 4 is 22.7 Å². The lowest BCUT2D eigenvalue weighted by atomic mass is 9.95. The van der Waals surface area contributed by atoms with Gasteiger partial charge in [0, 0.05) is 49.5 Å². The van der Waals surface area contributed by atoms with Crippen LogP contribution in [-0.4, -0.2) is 25.5 Å². The van der Waals surface area contributed by atoms with Gasteiger partial charge in [0.15, 0.2) is 0 Å². The number of hydrogen-bond acceptors (Lipinski definition) is 5. The van der Waals surface area contributed by atoms with E-state index >= 15 is 0 Å². The number of nitrogens with one attached hydrogen (secondary N) is 1. The number of likely N-dealkylation sites (N-methyl/N-ethyl adjacent to an activating group) is 2. The Morgan fingerprint density at radius 1 is 0.746 bits per heavy atom. The molecule has 1 aliphatic rings. The molecular formula is C54H59N5. The van der Waals surface area contributed by atoms with Gasteiger partial charge in [-0.1, -0.05) is 165 Å². The first-order chi connectivity index (χ1) is 28.6. The van der Waals surface area contributed by atoms with Gasteiger partial charge in [0.2, 0.25) is 0 Å². The first-order valence-electron chi connectivity index (χ1n) is 20.2. The van der Waals surface area contributed by atoms with Gasteiger partial charge in [-0.05, 0) is 96.5 Å². The average Bonchev–Trinajstić information content (AvgIpc) is 3.98. The van der Waals surface area contributed by atoms with Gasteiger partial charge in [0.05, 0.1) is 17.1 Å². The number of nitrogen functional groups attached to an aromatic ring is 2. The summed E-state index contributed by atoms with van der Waals surface area (Å²) in [5, 5.41) is 3.49. The predicted molar refractivity (Wildman–Crippen MR) is 257 cm³/mol. The van der Waals surface area contributed by atoms with E-state index in [-0.39, 0.29) is 5.92 Å². The van der Waals surface area contributed by atoms with Crippen molar-refractivity contribution in [1.82, 2.24) is 4.90 Å². The van der Waals surface area contributed by atoms with Crippen LogP contribution in [0.15, 0.2) is 212 Å². The summed E-state index contributed by atoms with van der Waals surface area (Å²) in [7, 11) is 4.07. The maximum absolute atomic E-state index is 6.27. The van der Waals surface area contributed by atoms with E-state index in [0.29, 0.717) is 0 Å². The molecule has 6 aromatic rings. The van der Waals surface area contributed by atoms with Gasteiger partial charge in [-0.2, -0.15) is 0 Å². The van der Waals surface area contributed by atoms with Crippen LogP contribution in [0.25, 0.3) is 22.3 Å². The molecule has 1 heterocycles. The monoisotopic (exact) mass is 777 g/mol. The number of rotatable bonds is 13. The topological polar surface area (TPSA) is 70.3 Å². The lowest BCUT2D eigenvalue weighted by Crippen LogP contribution is -2.15. The highest BCUT2D eigenvalue weighted by Crippen LogP contribution is 2.31. The van der Waals surface area contributed by atoms with Crippen LogP contribution in [0.3, 0.4) is 0 Å². The third kappa shape index (κ3) is 13.6. The number of allylic oxidation sites excluding steroid dienone is 6.